The van der Waals surface area contributed by atoms with Crippen LogP contribution in [0.5, 0.6) is 0 Å². The van der Waals surface area contributed by atoms with E-state index in [9.17, 15) is 4.79 Å². The van der Waals surface area contributed by atoms with Gasteiger partial charge >= 0.3 is 0 Å². The van der Waals surface area contributed by atoms with Crippen molar-refractivity contribution in [3.8, 4) is 0 Å². The molecule has 0 radical (unpaired) electrons. The van der Waals surface area contributed by atoms with Crippen LogP contribution in [-0.2, 0) is 13.0 Å². The molecule has 1 saturated heterocycles. The van der Waals surface area contributed by atoms with Crippen molar-refractivity contribution in [1.82, 2.24) is 19.8 Å². The second-order valence-electron chi connectivity index (χ2n) is 7.42. The Morgan fingerprint density at radius 3 is 2.50 bits per heavy atom. The van der Waals surface area contributed by atoms with Crippen LogP contribution in [0.25, 0.3) is 0 Å². The first-order valence-electron chi connectivity index (χ1n) is 9.46. The Morgan fingerprint density at radius 1 is 1.04 bits per heavy atom. The van der Waals surface area contributed by atoms with Gasteiger partial charge in [-0.25, -0.2) is 9.97 Å². The van der Waals surface area contributed by atoms with Gasteiger partial charge in [-0.2, -0.15) is 0 Å². The topological polar surface area (TPSA) is 52.6 Å². The van der Waals surface area contributed by atoms with Crippen molar-refractivity contribution in [2.45, 2.75) is 19.9 Å². The standard InChI is InChI=1S/C20H23Cl2N5O/c1-13-23-18-5-6-27(20(28)14-3-4-16(21)17(22)11-14)12-15(18)19(24-13)26-9-7-25(2)8-10-26/h3-4,11H,5-10,12H2,1-2H3. The van der Waals surface area contributed by atoms with E-state index >= 15 is 0 Å². The minimum Gasteiger partial charge on any atom is -0.354 e. The number of amides is 1. The molecule has 0 saturated carbocycles. The number of carbonyl (C=O) groups excluding carboxylic acids is 1. The third-order valence-corrected chi connectivity index (χ3v) is 6.15. The summed E-state index contributed by atoms with van der Waals surface area (Å²) in [7, 11) is 2.13. The molecule has 148 valence electrons. The maximum atomic E-state index is 13.0. The van der Waals surface area contributed by atoms with Crippen molar-refractivity contribution in [2.75, 3.05) is 44.7 Å². The highest BCUT2D eigenvalue weighted by Crippen LogP contribution is 2.29. The number of piperazine rings is 1. The molecule has 0 atom stereocenters. The molecule has 28 heavy (non-hydrogen) atoms. The van der Waals surface area contributed by atoms with Gasteiger partial charge in [0.25, 0.3) is 5.91 Å². The largest absolute Gasteiger partial charge is 0.354 e. The molecule has 1 aromatic heterocycles. The zero-order valence-electron chi connectivity index (χ0n) is 16.1. The Hall–Kier alpha value is -1.89. The van der Waals surface area contributed by atoms with E-state index in [1.807, 2.05) is 11.8 Å². The van der Waals surface area contributed by atoms with Gasteiger partial charge in [0.15, 0.2) is 0 Å². The summed E-state index contributed by atoms with van der Waals surface area (Å²) in [5.41, 5.74) is 2.67. The van der Waals surface area contributed by atoms with E-state index in [4.69, 9.17) is 28.2 Å². The van der Waals surface area contributed by atoms with Crippen LogP contribution < -0.4 is 4.90 Å². The number of halogens is 2. The summed E-state index contributed by atoms with van der Waals surface area (Å²) in [6.45, 7) is 6.95. The molecule has 1 fully saturated rings. The minimum absolute atomic E-state index is 0.0471. The number of hydrogen-bond donors (Lipinski definition) is 0. The number of hydrogen-bond acceptors (Lipinski definition) is 5. The minimum atomic E-state index is -0.0471. The Morgan fingerprint density at radius 2 is 1.79 bits per heavy atom. The zero-order valence-corrected chi connectivity index (χ0v) is 17.6. The van der Waals surface area contributed by atoms with Crippen LogP contribution in [0.15, 0.2) is 18.2 Å². The summed E-state index contributed by atoms with van der Waals surface area (Å²) >= 11 is 12.1. The van der Waals surface area contributed by atoms with Crippen LogP contribution >= 0.6 is 23.2 Å². The van der Waals surface area contributed by atoms with E-state index < -0.39 is 0 Å². The lowest BCUT2D eigenvalue weighted by Crippen LogP contribution is -2.46. The van der Waals surface area contributed by atoms with Gasteiger partial charge in [-0.3, -0.25) is 4.79 Å². The maximum absolute atomic E-state index is 13.0. The van der Waals surface area contributed by atoms with Crippen LogP contribution in [0, 0.1) is 6.92 Å². The Bertz CT molecular complexity index is 912. The molecule has 2 aliphatic heterocycles. The molecule has 0 spiro atoms. The third kappa shape index (κ3) is 3.81. The number of carbonyl (C=O) groups is 1. The second-order valence-corrected chi connectivity index (χ2v) is 8.23. The lowest BCUT2D eigenvalue weighted by molar-refractivity contribution is 0.0733. The molecule has 0 bridgehead atoms. The number of nitrogens with zero attached hydrogens (tertiary/aromatic N) is 5. The lowest BCUT2D eigenvalue weighted by Gasteiger charge is -2.37. The second kappa shape index (κ2) is 7.85. The molecule has 1 amide bonds. The Labute approximate surface area is 175 Å². The van der Waals surface area contributed by atoms with E-state index in [-0.39, 0.29) is 5.91 Å². The van der Waals surface area contributed by atoms with Gasteiger partial charge < -0.3 is 14.7 Å². The third-order valence-electron chi connectivity index (χ3n) is 5.41. The number of benzene rings is 1. The predicted octanol–water partition coefficient (Wildman–Crippen LogP) is 3.04. The highest BCUT2D eigenvalue weighted by molar-refractivity contribution is 6.42. The van der Waals surface area contributed by atoms with Crippen LogP contribution in [-0.4, -0.2) is 65.4 Å². The molecule has 8 heteroatoms. The average Bonchev–Trinajstić information content (AvgIpc) is 2.69. The normalized spacial score (nSPS) is 17.6. The fourth-order valence-electron chi connectivity index (χ4n) is 3.78. The van der Waals surface area contributed by atoms with E-state index in [0.717, 1.165) is 55.5 Å². The van der Waals surface area contributed by atoms with Crippen LogP contribution in [0.1, 0.15) is 27.4 Å². The number of aryl methyl sites for hydroxylation is 1. The van der Waals surface area contributed by atoms with Crippen molar-refractivity contribution in [3.63, 3.8) is 0 Å². The van der Waals surface area contributed by atoms with Gasteiger partial charge in [0.05, 0.1) is 22.3 Å². The van der Waals surface area contributed by atoms with Crippen LogP contribution in [0.4, 0.5) is 5.82 Å². The van der Waals surface area contributed by atoms with Gasteiger partial charge in [-0.05, 0) is 32.2 Å². The molecular weight excluding hydrogens is 397 g/mol. The molecule has 6 nitrogen and oxygen atoms in total. The summed E-state index contributed by atoms with van der Waals surface area (Å²) in [6, 6.07) is 5.02. The Balaban J connectivity index is 1.62. The molecule has 2 aromatic rings. The van der Waals surface area contributed by atoms with E-state index in [1.54, 1.807) is 18.2 Å². The summed E-state index contributed by atoms with van der Waals surface area (Å²) in [5, 5.41) is 0.838. The van der Waals surface area contributed by atoms with E-state index in [2.05, 4.69) is 21.8 Å². The quantitative estimate of drug-likeness (QED) is 0.748. The number of rotatable bonds is 2. The monoisotopic (exact) mass is 419 g/mol. The molecule has 0 N–H and O–H groups in total. The Kier molecular flexibility index (Phi) is 5.45. The van der Waals surface area contributed by atoms with Crippen molar-refractivity contribution >= 4 is 34.9 Å². The lowest BCUT2D eigenvalue weighted by atomic mass is 10.0. The first-order valence-corrected chi connectivity index (χ1v) is 10.2. The smallest absolute Gasteiger partial charge is 0.254 e. The zero-order chi connectivity index (χ0) is 19.8. The van der Waals surface area contributed by atoms with Crippen LogP contribution in [0.2, 0.25) is 10.0 Å². The number of anilines is 1. The maximum Gasteiger partial charge on any atom is 0.254 e. The van der Waals surface area contributed by atoms with Gasteiger partial charge in [0.2, 0.25) is 0 Å². The molecule has 0 aliphatic carbocycles. The summed E-state index contributed by atoms with van der Waals surface area (Å²) in [4.78, 5) is 28.9. The van der Waals surface area contributed by atoms with Crippen molar-refractivity contribution in [3.05, 3.63) is 50.9 Å². The number of fused-ring (bicyclic) bond motifs is 1. The van der Waals surface area contributed by atoms with Gasteiger partial charge in [0.1, 0.15) is 11.6 Å². The first kappa shape index (κ1) is 19.4. The highest BCUT2D eigenvalue weighted by atomic mass is 35.5. The highest BCUT2D eigenvalue weighted by Gasteiger charge is 2.28. The number of aromatic nitrogens is 2. The molecule has 2 aliphatic rings. The molecule has 1 aromatic carbocycles. The van der Waals surface area contributed by atoms with Gasteiger partial charge in [-0.1, -0.05) is 23.2 Å². The van der Waals surface area contributed by atoms with Crippen molar-refractivity contribution in [2.24, 2.45) is 0 Å². The van der Waals surface area contributed by atoms with Crippen molar-refractivity contribution < 1.29 is 4.79 Å². The SMILES string of the molecule is Cc1nc2c(c(N3CCN(C)CC3)n1)CN(C(=O)c1ccc(Cl)c(Cl)c1)CC2. The van der Waals surface area contributed by atoms with Crippen molar-refractivity contribution in [1.29, 1.82) is 0 Å². The van der Waals surface area contributed by atoms with Gasteiger partial charge in [-0.15, -0.1) is 0 Å². The summed E-state index contributed by atoms with van der Waals surface area (Å²) in [6.07, 6.45) is 0.729. The summed E-state index contributed by atoms with van der Waals surface area (Å²) in [5.74, 6) is 1.72. The molecule has 0 unspecified atom stereocenters. The molecular formula is C20H23Cl2N5O. The fraction of sp³-hybridized carbons (Fsp3) is 0.450. The molecule has 3 heterocycles. The summed E-state index contributed by atoms with van der Waals surface area (Å²) < 4.78 is 0. The van der Waals surface area contributed by atoms with E-state index in [0.29, 0.717) is 28.7 Å². The predicted molar refractivity (Wildman–Crippen MR) is 111 cm³/mol. The van der Waals surface area contributed by atoms with Crippen LogP contribution in [0.3, 0.4) is 0 Å². The van der Waals surface area contributed by atoms with Gasteiger partial charge in [0, 0.05) is 50.3 Å². The fourth-order valence-corrected chi connectivity index (χ4v) is 4.08. The van der Waals surface area contributed by atoms with E-state index in [1.165, 1.54) is 0 Å². The number of likely N-dealkylation sites (N-methyl/N-ethyl adjacent to an activating group) is 1. The first-order chi connectivity index (χ1) is 13.4. The molecule has 4 rings (SSSR count). The average molecular weight is 420 g/mol.